The van der Waals surface area contributed by atoms with E-state index in [0.717, 1.165) is 24.0 Å². The first-order chi connectivity index (χ1) is 10.3. The summed E-state index contributed by atoms with van der Waals surface area (Å²) < 4.78 is 66.4. The van der Waals surface area contributed by atoms with Crippen molar-refractivity contribution < 1.29 is 31.5 Å². The maximum Gasteiger partial charge on any atom is 0.573 e. The third kappa shape index (κ3) is 4.16. The number of hydrogen-bond acceptors (Lipinski definition) is 5. The van der Waals surface area contributed by atoms with E-state index in [1.807, 2.05) is 0 Å². The van der Waals surface area contributed by atoms with Gasteiger partial charge in [0.1, 0.15) is 0 Å². The lowest BCUT2D eigenvalue weighted by atomic mass is 10.2. The van der Waals surface area contributed by atoms with Crippen molar-refractivity contribution in [1.82, 2.24) is 5.32 Å². The molecule has 5 nitrogen and oxygen atoms in total. The molecule has 0 spiro atoms. The van der Waals surface area contributed by atoms with Gasteiger partial charge in [-0.15, -0.1) is 18.3 Å². The largest absolute Gasteiger partial charge is 0.573 e. The van der Waals surface area contributed by atoms with Crippen LogP contribution in [-0.2, 0) is 4.79 Å². The van der Waals surface area contributed by atoms with E-state index in [1.54, 1.807) is 0 Å². The van der Waals surface area contributed by atoms with Crippen molar-refractivity contribution in [2.24, 2.45) is 10.2 Å². The van der Waals surface area contributed by atoms with Gasteiger partial charge in [0.15, 0.2) is 16.8 Å². The van der Waals surface area contributed by atoms with E-state index in [-0.39, 0.29) is 16.8 Å². The fourth-order valence-corrected chi connectivity index (χ4v) is 2.01. The Morgan fingerprint density at radius 2 is 2.05 bits per heavy atom. The molecule has 22 heavy (non-hydrogen) atoms. The highest BCUT2D eigenvalue weighted by atomic mass is 32.2. The highest BCUT2D eigenvalue weighted by molar-refractivity contribution is 8.15. The van der Waals surface area contributed by atoms with E-state index in [4.69, 9.17) is 0 Å². The summed E-state index contributed by atoms with van der Waals surface area (Å²) >= 11 is 1.05. The van der Waals surface area contributed by atoms with Crippen LogP contribution in [0.25, 0.3) is 0 Å². The number of carbonyl (C=O) groups excluding carboxylic acids is 1. The average molecular weight is 339 g/mol. The average Bonchev–Trinajstić information content (AvgIpc) is 2.82. The second-order valence-corrected chi connectivity index (χ2v) is 4.78. The van der Waals surface area contributed by atoms with Gasteiger partial charge in [-0.1, -0.05) is 11.8 Å². The predicted octanol–water partition coefficient (Wildman–Crippen LogP) is 2.42. The van der Waals surface area contributed by atoms with Crippen LogP contribution in [0.3, 0.4) is 0 Å². The molecule has 2 rings (SSSR count). The molecule has 0 aliphatic carbocycles. The molecule has 0 saturated carbocycles. The maximum absolute atomic E-state index is 13.7. The molecule has 0 bridgehead atoms. The zero-order chi connectivity index (χ0) is 16.3. The van der Waals surface area contributed by atoms with E-state index < -0.39 is 29.3 Å². The van der Waals surface area contributed by atoms with Gasteiger partial charge in [-0.3, -0.25) is 4.79 Å². The molecular weight excluding hydrogens is 333 g/mol. The van der Waals surface area contributed by atoms with Gasteiger partial charge >= 0.3 is 6.36 Å². The van der Waals surface area contributed by atoms with Crippen LogP contribution in [-0.4, -0.2) is 29.4 Å². The first kappa shape index (κ1) is 16.2. The summed E-state index contributed by atoms with van der Waals surface area (Å²) in [6, 6.07) is 1.47. The summed E-state index contributed by atoms with van der Waals surface area (Å²) in [5, 5.41) is 9.45. The van der Waals surface area contributed by atoms with Crippen LogP contribution in [0.4, 0.5) is 22.0 Å². The number of amidine groups is 1. The van der Waals surface area contributed by atoms with E-state index in [2.05, 4.69) is 20.3 Å². The van der Waals surface area contributed by atoms with Gasteiger partial charge in [0.05, 0.1) is 12.0 Å². The molecule has 0 radical (unpaired) electrons. The highest BCUT2D eigenvalue weighted by Gasteiger charge is 2.34. The van der Waals surface area contributed by atoms with Crippen LogP contribution in [0.5, 0.6) is 5.75 Å². The first-order valence-corrected chi connectivity index (χ1v) is 6.52. The summed E-state index contributed by atoms with van der Waals surface area (Å²) in [7, 11) is 0. The second kappa shape index (κ2) is 6.30. The number of hydrogen-bond donors (Lipinski definition) is 1. The van der Waals surface area contributed by atoms with Crippen molar-refractivity contribution in [2.75, 3.05) is 5.75 Å². The van der Waals surface area contributed by atoms with E-state index in [1.165, 1.54) is 0 Å². The normalized spacial score (nSPS) is 17.3. The Hall–Kier alpha value is -2.17. The van der Waals surface area contributed by atoms with Crippen LogP contribution < -0.4 is 10.1 Å². The van der Waals surface area contributed by atoms with Crippen LogP contribution >= 0.6 is 11.8 Å². The fourth-order valence-electron chi connectivity index (χ4n) is 1.38. The van der Waals surface area contributed by atoms with Crippen molar-refractivity contribution in [1.29, 1.82) is 0 Å². The van der Waals surface area contributed by atoms with Gasteiger partial charge < -0.3 is 10.1 Å². The third-order valence-electron chi connectivity index (χ3n) is 2.23. The van der Waals surface area contributed by atoms with Crippen molar-refractivity contribution in [3.05, 3.63) is 29.3 Å². The quantitative estimate of drug-likeness (QED) is 0.523. The van der Waals surface area contributed by atoms with Gasteiger partial charge in [0.2, 0.25) is 11.7 Å². The molecule has 1 aromatic rings. The van der Waals surface area contributed by atoms with Gasteiger partial charge in [0, 0.05) is 5.56 Å². The Kier molecular flexibility index (Phi) is 4.64. The van der Waals surface area contributed by atoms with Gasteiger partial charge in [-0.2, -0.15) is 5.10 Å². The second-order valence-electron chi connectivity index (χ2n) is 3.81. The SMILES string of the molecule is O=C1CSC(=NN=Cc2ccc(F)c(OC(F)(F)F)c2F)N1. The van der Waals surface area contributed by atoms with Crippen molar-refractivity contribution in [2.45, 2.75) is 6.36 Å². The molecule has 1 amide bonds. The smallest absolute Gasteiger partial charge is 0.399 e. The number of thioether (sulfide) groups is 1. The standard InChI is InChI=1S/C11H6F5N3O2S/c12-6-2-1-5(8(13)9(6)21-11(14,15)16)3-17-19-10-18-7(20)4-22-10/h1-3H,4H2,(H,18,19,20). The van der Waals surface area contributed by atoms with E-state index >= 15 is 0 Å². The summed E-state index contributed by atoms with van der Waals surface area (Å²) in [5.74, 6) is -4.77. The summed E-state index contributed by atoms with van der Waals surface area (Å²) in [5.41, 5.74) is -0.459. The number of alkyl halides is 3. The predicted molar refractivity (Wildman–Crippen MR) is 68.7 cm³/mol. The molecule has 1 aliphatic rings. The maximum atomic E-state index is 13.7. The van der Waals surface area contributed by atoms with Gasteiger partial charge in [-0.05, 0) is 12.1 Å². The van der Waals surface area contributed by atoms with Crippen molar-refractivity contribution in [3.63, 3.8) is 0 Å². The fraction of sp³-hybridized carbons (Fsp3) is 0.182. The zero-order valence-electron chi connectivity index (χ0n) is 10.4. The van der Waals surface area contributed by atoms with Gasteiger partial charge in [0.25, 0.3) is 0 Å². The first-order valence-electron chi connectivity index (χ1n) is 5.53. The summed E-state index contributed by atoms with van der Waals surface area (Å²) in [6.07, 6.45) is -4.46. The zero-order valence-corrected chi connectivity index (χ0v) is 11.3. The molecule has 0 unspecified atom stereocenters. The molecule has 1 fully saturated rings. The molecule has 1 aliphatic heterocycles. The third-order valence-corrected chi connectivity index (χ3v) is 3.09. The molecule has 1 aromatic carbocycles. The van der Waals surface area contributed by atoms with Crippen molar-refractivity contribution >= 4 is 29.1 Å². The molecule has 1 N–H and O–H groups in total. The van der Waals surface area contributed by atoms with Crippen LogP contribution in [0.15, 0.2) is 22.3 Å². The molecular formula is C11H6F5N3O2S. The van der Waals surface area contributed by atoms with Gasteiger partial charge in [-0.25, -0.2) is 8.78 Å². The number of nitrogens with zero attached hydrogens (tertiary/aromatic N) is 2. The minimum Gasteiger partial charge on any atom is -0.399 e. The Bertz CT molecular complexity index is 660. The number of carbonyl (C=O) groups is 1. The lowest BCUT2D eigenvalue weighted by Crippen LogP contribution is -2.19. The Balaban J connectivity index is 2.21. The lowest BCUT2D eigenvalue weighted by molar-refractivity contribution is -0.276. The molecule has 1 heterocycles. The van der Waals surface area contributed by atoms with Crippen molar-refractivity contribution in [3.8, 4) is 5.75 Å². The van der Waals surface area contributed by atoms with E-state index in [9.17, 15) is 26.7 Å². The summed E-state index contributed by atoms with van der Waals surface area (Å²) in [4.78, 5) is 10.9. The highest BCUT2D eigenvalue weighted by Crippen LogP contribution is 2.29. The lowest BCUT2D eigenvalue weighted by Gasteiger charge is -2.11. The monoisotopic (exact) mass is 339 g/mol. The van der Waals surface area contributed by atoms with Crippen LogP contribution in [0, 0.1) is 11.6 Å². The molecule has 0 atom stereocenters. The molecule has 118 valence electrons. The number of benzene rings is 1. The van der Waals surface area contributed by atoms with Crippen LogP contribution in [0.1, 0.15) is 5.56 Å². The number of halogens is 5. The minimum atomic E-state index is -5.23. The Labute approximate surface area is 124 Å². The number of ether oxygens (including phenoxy) is 1. The number of rotatable bonds is 3. The molecule has 0 aromatic heterocycles. The number of amides is 1. The van der Waals surface area contributed by atoms with E-state index in [0.29, 0.717) is 6.07 Å². The number of nitrogens with one attached hydrogen (secondary N) is 1. The molecule has 11 heteroatoms. The Morgan fingerprint density at radius 1 is 1.32 bits per heavy atom. The summed E-state index contributed by atoms with van der Waals surface area (Å²) in [6.45, 7) is 0. The molecule has 1 saturated heterocycles. The topological polar surface area (TPSA) is 63.0 Å². The van der Waals surface area contributed by atoms with Crippen LogP contribution in [0.2, 0.25) is 0 Å². The Morgan fingerprint density at radius 3 is 2.64 bits per heavy atom. The minimum absolute atomic E-state index is 0.156.